The summed E-state index contributed by atoms with van der Waals surface area (Å²) in [6.07, 6.45) is 2.79. The Morgan fingerprint density at radius 2 is 1.87 bits per heavy atom. The molecule has 1 fully saturated rings. The van der Waals surface area contributed by atoms with Crippen molar-refractivity contribution in [2.24, 2.45) is 5.10 Å². The van der Waals surface area contributed by atoms with E-state index in [2.05, 4.69) is 10.5 Å². The van der Waals surface area contributed by atoms with Crippen LogP contribution in [0.25, 0.3) is 0 Å². The minimum absolute atomic E-state index is 0.218. The molecular formula is C15H17N5O2S. The van der Waals surface area contributed by atoms with Gasteiger partial charge in [-0.05, 0) is 37.5 Å². The highest BCUT2D eigenvalue weighted by Crippen LogP contribution is 2.26. The highest BCUT2D eigenvalue weighted by atomic mass is 32.2. The van der Waals surface area contributed by atoms with Gasteiger partial charge in [-0.1, -0.05) is 12.5 Å². The number of nitrogens with zero attached hydrogens (tertiary/aromatic N) is 4. The lowest BCUT2D eigenvalue weighted by Crippen LogP contribution is -2.35. The van der Waals surface area contributed by atoms with Crippen molar-refractivity contribution >= 4 is 21.4 Å². The van der Waals surface area contributed by atoms with E-state index in [-0.39, 0.29) is 10.6 Å². The van der Waals surface area contributed by atoms with E-state index in [1.165, 1.54) is 10.4 Å². The molecule has 0 unspecified atom stereocenters. The Kier molecular flexibility index (Phi) is 5.32. The van der Waals surface area contributed by atoms with Crippen molar-refractivity contribution in [2.75, 3.05) is 18.5 Å². The number of nitrogens with one attached hydrogen (secondary N) is 1. The van der Waals surface area contributed by atoms with Crippen molar-refractivity contribution < 1.29 is 8.42 Å². The summed E-state index contributed by atoms with van der Waals surface area (Å²) in [6.45, 7) is 2.80. The molecule has 0 aromatic heterocycles. The predicted octanol–water partition coefficient (Wildman–Crippen LogP) is 1.98. The number of anilines is 1. The van der Waals surface area contributed by atoms with E-state index in [4.69, 9.17) is 10.5 Å². The molecule has 0 saturated carbocycles. The fourth-order valence-electron chi connectivity index (χ4n) is 2.39. The summed E-state index contributed by atoms with van der Waals surface area (Å²) in [5.74, 6) is 0. The standard InChI is InChI=1S/C15H17N5O2S/c1-12-5-6-13(18-19-14(10-16)11-17)9-15(12)23(21,22)20-7-3-2-4-8-20/h5-6,9,18H,2-4,7-8H2,1H3. The van der Waals surface area contributed by atoms with Gasteiger partial charge in [0.15, 0.2) is 0 Å². The highest BCUT2D eigenvalue weighted by Gasteiger charge is 2.27. The van der Waals surface area contributed by atoms with Gasteiger partial charge in [0.1, 0.15) is 12.1 Å². The van der Waals surface area contributed by atoms with Gasteiger partial charge in [0, 0.05) is 13.1 Å². The second kappa shape index (κ2) is 7.23. The van der Waals surface area contributed by atoms with E-state index >= 15 is 0 Å². The molecule has 0 radical (unpaired) electrons. The molecule has 1 aliphatic rings. The molecule has 2 rings (SSSR count). The molecule has 0 aliphatic carbocycles. The third-order valence-electron chi connectivity index (χ3n) is 3.63. The molecule has 0 spiro atoms. The molecule has 7 nitrogen and oxygen atoms in total. The van der Waals surface area contributed by atoms with E-state index < -0.39 is 10.0 Å². The first-order valence-electron chi connectivity index (χ1n) is 7.23. The molecule has 1 aromatic carbocycles. The number of hydrogen-bond donors (Lipinski definition) is 1. The van der Waals surface area contributed by atoms with Crippen LogP contribution in [0.3, 0.4) is 0 Å². The first-order chi connectivity index (χ1) is 11.0. The van der Waals surface area contributed by atoms with Crippen molar-refractivity contribution in [1.82, 2.24) is 4.31 Å². The van der Waals surface area contributed by atoms with E-state index in [1.807, 2.05) is 0 Å². The minimum Gasteiger partial charge on any atom is -0.276 e. The van der Waals surface area contributed by atoms with Gasteiger partial charge in [0.2, 0.25) is 15.7 Å². The minimum atomic E-state index is -3.55. The number of sulfonamides is 1. The average molecular weight is 331 g/mol. The van der Waals surface area contributed by atoms with Crippen molar-refractivity contribution in [2.45, 2.75) is 31.1 Å². The molecule has 1 aromatic rings. The molecule has 23 heavy (non-hydrogen) atoms. The van der Waals surface area contributed by atoms with E-state index in [0.29, 0.717) is 24.3 Å². The zero-order valence-corrected chi connectivity index (χ0v) is 13.6. The first kappa shape index (κ1) is 16.9. The molecule has 1 aliphatic heterocycles. The maximum absolute atomic E-state index is 12.8. The molecule has 1 N–H and O–H groups in total. The average Bonchev–Trinajstić information content (AvgIpc) is 2.57. The fraction of sp³-hybridized carbons (Fsp3) is 0.400. The van der Waals surface area contributed by atoms with E-state index in [0.717, 1.165) is 19.3 Å². The Balaban J connectivity index is 2.32. The third-order valence-corrected chi connectivity index (χ3v) is 5.67. The van der Waals surface area contributed by atoms with Crippen LogP contribution in [-0.4, -0.2) is 31.5 Å². The van der Waals surface area contributed by atoms with Gasteiger partial charge in [0.25, 0.3) is 0 Å². The van der Waals surface area contributed by atoms with Crippen LogP contribution in [0.15, 0.2) is 28.2 Å². The number of hydrazone groups is 1. The van der Waals surface area contributed by atoms with Crippen LogP contribution in [0.2, 0.25) is 0 Å². The number of aryl methyl sites for hydroxylation is 1. The highest BCUT2D eigenvalue weighted by molar-refractivity contribution is 7.89. The summed E-state index contributed by atoms with van der Waals surface area (Å²) in [5, 5.41) is 20.9. The van der Waals surface area contributed by atoms with Crippen molar-refractivity contribution in [3.05, 3.63) is 23.8 Å². The van der Waals surface area contributed by atoms with Crippen LogP contribution in [0.1, 0.15) is 24.8 Å². The number of piperidine rings is 1. The first-order valence-corrected chi connectivity index (χ1v) is 8.68. The normalized spacial score (nSPS) is 15.3. The van der Waals surface area contributed by atoms with Crippen LogP contribution in [-0.2, 0) is 10.0 Å². The molecule has 0 bridgehead atoms. The lowest BCUT2D eigenvalue weighted by Gasteiger charge is -2.26. The molecule has 0 atom stereocenters. The lowest BCUT2D eigenvalue weighted by atomic mass is 10.2. The summed E-state index contributed by atoms with van der Waals surface area (Å²) in [6, 6.07) is 8.07. The number of benzene rings is 1. The number of hydrogen-bond acceptors (Lipinski definition) is 6. The van der Waals surface area contributed by atoms with E-state index in [9.17, 15) is 8.42 Å². The van der Waals surface area contributed by atoms with Crippen LogP contribution in [0.4, 0.5) is 5.69 Å². The van der Waals surface area contributed by atoms with Gasteiger partial charge < -0.3 is 0 Å². The summed E-state index contributed by atoms with van der Waals surface area (Å²) >= 11 is 0. The molecule has 0 amide bonds. The summed E-state index contributed by atoms with van der Waals surface area (Å²) in [5.41, 5.74) is 3.28. The number of rotatable bonds is 4. The van der Waals surface area contributed by atoms with Crippen LogP contribution in [0.5, 0.6) is 0 Å². The van der Waals surface area contributed by atoms with Gasteiger partial charge in [-0.2, -0.15) is 19.9 Å². The monoisotopic (exact) mass is 331 g/mol. The van der Waals surface area contributed by atoms with Crippen molar-refractivity contribution in [3.63, 3.8) is 0 Å². The summed E-state index contributed by atoms with van der Waals surface area (Å²) in [4.78, 5) is 0.218. The maximum Gasteiger partial charge on any atom is 0.243 e. The zero-order valence-electron chi connectivity index (χ0n) is 12.8. The van der Waals surface area contributed by atoms with Gasteiger partial charge in [0.05, 0.1) is 10.6 Å². The molecule has 120 valence electrons. The molecule has 1 heterocycles. The van der Waals surface area contributed by atoms with Gasteiger partial charge in [-0.25, -0.2) is 8.42 Å². The molecule has 8 heteroatoms. The Bertz CT molecular complexity index is 780. The van der Waals surface area contributed by atoms with Crippen LogP contribution >= 0.6 is 0 Å². The summed E-state index contributed by atoms with van der Waals surface area (Å²) in [7, 11) is -3.55. The second-order valence-corrected chi connectivity index (χ2v) is 7.15. The van der Waals surface area contributed by atoms with Gasteiger partial charge in [-0.15, -0.1) is 0 Å². The topological polar surface area (TPSA) is 109 Å². The van der Waals surface area contributed by atoms with Crippen molar-refractivity contribution in [1.29, 1.82) is 10.5 Å². The largest absolute Gasteiger partial charge is 0.276 e. The molecule has 1 saturated heterocycles. The van der Waals surface area contributed by atoms with Crippen molar-refractivity contribution in [3.8, 4) is 12.1 Å². The Hall–Kier alpha value is -2.42. The fourth-order valence-corrected chi connectivity index (χ4v) is 4.16. The summed E-state index contributed by atoms with van der Waals surface area (Å²) < 4.78 is 27.0. The predicted molar refractivity (Wildman–Crippen MR) is 86.1 cm³/mol. The van der Waals surface area contributed by atoms with Crippen LogP contribution in [0, 0.1) is 29.6 Å². The SMILES string of the molecule is Cc1ccc(NN=C(C#N)C#N)cc1S(=O)(=O)N1CCCCC1. The zero-order chi connectivity index (χ0) is 16.9. The van der Waals surface area contributed by atoms with E-state index in [1.54, 1.807) is 31.2 Å². The second-order valence-electron chi connectivity index (χ2n) is 5.24. The third kappa shape index (κ3) is 3.86. The van der Waals surface area contributed by atoms with Gasteiger partial charge in [-0.3, -0.25) is 5.43 Å². The van der Waals surface area contributed by atoms with Crippen LogP contribution < -0.4 is 5.43 Å². The Labute approximate surface area is 135 Å². The number of nitriles is 2. The lowest BCUT2D eigenvalue weighted by molar-refractivity contribution is 0.346. The molecular weight excluding hydrogens is 314 g/mol. The van der Waals surface area contributed by atoms with Gasteiger partial charge >= 0.3 is 0 Å². The Morgan fingerprint density at radius 1 is 1.22 bits per heavy atom. The maximum atomic E-state index is 12.8. The quantitative estimate of drug-likeness (QED) is 0.670. The smallest absolute Gasteiger partial charge is 0.243 e. The Morgan fingerprint density at radius 3 is 2.48 bits per heavy atom.